The predicted molar refractivity (Wildman–Crippen MR) is 98.1 cm³/mol. The summed E-state index contributed by atoms with van der Waals surface area (Å²) < 4.78 is 41.5. The summed E-state index contributed by atoms with van der Waals surface area (Å²) in [6, 6.07) is 3.29. The number of nitrogens with two attached hydrogens (primary N) is 1. The second kappa shape index (κ2) is 6.19. The summed E-state index contributed by atoms with van der Waals surface area (Å²) in [4.78, 5) is 17.9. The number of anilines is 2. The Labute approximate surface area is 162 Å². The third-order valence-electron chi connectivity index (χ3n) is 4.95. The van der Waals surface area contributed by atoms with Crippen LogP contribution in [-0.4, -0.2) is 36.1 Å². The minimum absolute atomic E-state index is 0.0177. The molecular weight excluding hydrogens is 385 g/mol. The van der Waals surface area contributed by atoms with Gasteiger partial charge in [-0.25, -0.2) is 19.5 Å². The van der Waals surface area contributed by atoms with Crippen LogP contribution in [0.1, 0.15) is 28.7 Å². The molecule has 11 heteroatoms. The molecule has 5 rings (SSSR count). The van der Waals surface area contributed by atoms with Crippen molar-refractivity contribution in [2.24, 2.45) is 0 Å². The Bertz CT molecular complexity index is 1180. The lowest BCUT2D eigenvalue weighted by atomic mass is 10.00. The Morgan fingerprint density at radius 3 is 2.72 bits per heavy atom. The summed E-state index contributed by atoms with van der Waals surface area (Å²) in [6.45, 7) is 0.545. The van der Waals surface area contributed by atoms with E-state index in [-0.39, 0.29) is 5.52 Å². The van der Waals surface area contributed by atoms with E-state index in [0.717, 1.165) is 11.8 Å². The number of rotatable bonds is 2. The van der Waals surface area contributed by atoms with Crippen molar-refractivity contribution in [3.8, 4) is 0 Å². The molecule has 0 fully saturated rings. The highest BCUT2D eigenvalue weighted by Crippen LogP contribution is 2.37. The van der Waals surface area contributed by atoms with Crippen molar-refractivity contribution in [3.05, 3.63) is 65.8 Å². The quantitative estimate of drug-likeness (QED) is 0.536. The van der Waals surface area contributed by atoms with Gasteiger partial charge in [0.15, 0.2) is 0 Å². The number of pyridine rings is 1. The number of nitrogens with zero attached hydrogens (tertiary/aromatic N) is 6. The summed E-state index contributed by atoms with van der Waals surface area (Å²) >= 11 is 0. The van der Waals surface area contributed by atoms with Gasteiger partial charge in [-0.2, -0.15) is 18.3 Å². The van der Waals surface area contributed by atoms with Gasteiger partial charge < -0.3 is 15.6 Å². The van der Waals surface area contributed by atoms with Gasteiger partial charge >= 0.3 is 6.18 Å². The number of alkyl halides is 3. The Morgan fingerprint density at radius 2 is 1.97 bits per heavy atom. The Balaban J connectivity index is 1.68. The van der Waals surface area contributed by atoms with Crippen molar-refractivity contribution in [2.45, 2.75) is 18.6 Å². The molecule has 1 atom stereocenters. The van der Waals surface area contributed by atoms with Crippen LogP contribution in [0.25, 0.3) is 5.52 Å². The third-order valence-corrected chi connectivity index (χ3v) is 4.95. The molecule has 0 saturated heterocycles. The monoisotopic (exact) mass is 400 g/mol. The first-order valence-corrected chi connectivity index (χ1v) is 8.83. The highest BCUT2D eigenvalue weighted by molar-refractivity contribution is 5.59. The molecule has 29 heavy (non-hydrogen) atoms. The lowest BCUT2D eigenvalue weighted by Gasteiger charge is -2.33. The molecule has 0 spiro atoms. The fraction of sp³-hybridized carbons (Fsp3) is 0.222. The Morgan fingerprint density at radius 1 is 1.17 bits per heavy atom. The molecule has 148 valence electrons. The maximum atomic E-state index is 13.4. The van der Waals surface area contributed by atoms with Gasteiger partial charge in [0.05, 0.1) is 46.9 Å². The van der Waals surface area contributed by atoms with E-state index in [4.69, 9.17) is 5.73 Å². The van der Waals surface area contributed by atoms with Gasteiger partial charge in [-0.1, -0.05) is 0 Å². The van der Waals surface area contributed by atoms with E-state index in [1.165, 1.54) is 35.2 Å². The Kier molecular flexibility index (Phi) is 3.73. The van der Waals surface area contributed by atoms with E-state index in [1.807, 2.05) is 4.90 Å². The number of nitrogen functional groups attached to an aromatic ring is 1. The van der Waals surface area contributed by atoms with E-state index in [0.29, 0.717) is 36.0 Å². The van der Waals surface area contributed by atoms with Crippen LogP contribution in [0, 0.1) is 0 Å². The van der Waals surface area contributed by atoms with Crippen LogP contribution in [-0.2, 0) is 12.6 Å². The van der Waals surface area contributed by atoms with Gasteiger partial charge in [-0.15, -0.1) is 0 Å². The topological polar surface area (TPSA) is 101 Å². The van der Waals surface area contributed by atoms with Crippen molar-refractivity contribution < 1.29 is 13.2 Å². The number of H-pyrrole nitrogens is 1. The number of nitrogens with one attached hydrogen (secondary N) is 1. The number of hydrogen-bond acceptors (Lipinski definition) is 6. The van der Waals surface area contributed by atoms with Crippen molar-refractivity contribution >= 4 is 17.2 Å². The first-order chi connectivity index (χ1) is 13.9. The molecule has 0 unspecified atom stereocenters. The summed E-state index contributed by atoms with van der Waals surface area (Å²) in [5.74, 6) is 0.408. The lowest BCUT2D eigenvalue weighted by molar-refractivity contribution is -0.136. The minimum Gasteiger partial charge on any atom is -0.396 e. The SMILES string of the molecule is Nc1cnc(N2CCc3[nH]cnc3[C@H]2c2cc3c(C(F)(F)F)cccn3n2)nc1. The zero-order chi connectivity index (χ0) is 20.2. The smallest absolute Gasteiger partial charge is 0.396 e. The molecule has 0 radical (unpaired) electrons. The zero-order valence-corrected chi connectivity index (χ0v) is 14.9. The number of imidazole rings is 1. The predicted octanol–water partition coefficient (Wildman–Crippen LogP) is 2.60. The molecule has 0 bridgehead atoms. The van der Waals surface area contributed by atoms with Crippen LogP contribution in [0.4, 0.5) is 24.8 Å². The van der Waals surface area contributed by atoms with E-state index in [1.54, 1.807) is 6.33 Å². The average molecular weight is 400 g/mol. The number of halogens is 3. The van der Waals surface area contributed by atoms with Crippen LogP contribution in [0.3, 0.4) is 0 Å². The molecule has 1 aliphatic rings. The van der Waals surface area contributed by atoms with Crippen molar-refractivity contribution in [3.63, 3.8) is 0 Å². The van der Waals surface area contributed by atoms with E-state index in [2.05, 4.69) is 25.0 Å². The summed E-state index contributed by atoms with van der Waals surface area (Å²) in [5, 5.41) is 4.42. The van der Waals surface area contributed by atoms with Gasteiger partial charge in [-0.3, -0.25) is 0 Å². The largest absolute Gasteiger partial charge is 0.418 e. The van der Waals surface area contributed by atoms with Crippen LogP contribution in [0.5, 0.6) is 0 Å². The van der Waals surface area contributed by atoms with E-state index >= 15 is 0 Å². The zero-order valence-electron chi connectivity index (χ0n) is 14.9. The maximum Gasteiger partial charge on any atom is 0.418 e. The van der Waals surface area contributed by atoms with Gasteiger partial charge in [0.1, 0.15) is 6.04 Å². The molecule has 3 N–H and O–H groups in total. The first-order valence-electron chi connectivity index (χ1n) is 8.83. The number of fused-ring (bicyclic) bond motifs is 2. The lowest BCUT2D eigenvalue weighted by Crippen LogP contribution is -2.37. The highest BCUT2D eigenvalue weighted by atomic mass is 19.4. The molecule has 0 aromatic carbocycles. The fourth-order valence-corrected chi connectivity index (χ4v) is 3.68. The summed E-state index contributed by atoms with van der Waals surface area (Å²) in [5.41, 5.74) is 7.37. The molecule has 0 amide bonds. The van der Waals surface area contributed by atoms with E-state index < -0.39 is 17.8 Å². The van der Waals surface area contributed by atoms with Crippen molar-refractivity contribution in [1.82, 2.24) is 29.5 Å². The van der Waals surface area contributed by atoms with Crippen LogP contribution in [0.15, 0.2) is 43.1 Å². The van der Waals surface area contributed by atoms with Crippen LogP contribution in [0.2, 0.25) is 0 Å². The molecule has 8 nitrogen and oxygen atoms in total. The first kappa shape index (κ1) is 17.5. The molecule has 0 saturated carbocycles. The number of aromatic amines is 1. The van der Waals surface area contributed by atoms with Gasteiger partial charge in [0, 0.05) is 24.9 Å². The molecule has 0 aliphatic carbocycles. The fourth-order valence-electron chi connectivity index (χ4n) is 3.68. The number of aromatic nitrogens is 6. The standard InChI is InChI=1S/C18H15F3N8/c19-18(20,21)11-2-1-4-29-14(11)6-13(27-29)16-15-12(25-9-26-15)3-5-28(16)17-23-7-10(22)8-24-17/h1-2,4,6-9,16H,3,5,22H2,(H,25,26)/t16-/m1/s1. The summed E-state index contributed by atoms with van der Waals surface area (Å²) in [6.07, 6.45) is 2.23. The highest BCUT2D eigenvalue weighted by Gasteiger charge is 2.37. The maximum absolute atomic E-state index is 13.4. The van der Waals surface area contributed by atoms with Crippen molar-refractivity contribution in [2.75, 3.05) is 17.2 Å². The average Bonchev–Trinajstić information content (AvgIpc) is 3.33. The molecule has 1 aliphatic heterocycles. The molecule has 5 heterocycles. The Hall–Kier alpha value is -3.63. The summed E-state index contributed by atoms with van der Waals surface area (Å²) in [7, 11) is 0. The second-order valence-corrected chi connectivity index (χ2v) is 6.75. The minimum atomic E-state index is -4.48. The second-order valence-electron chi connectivity index (χ2n) is 6.75. The van der Waals surface area contributed by atoms with Gasteiger partial charge in [0.25, 0.3) is 0 Å². The van der Waals surface area contributed by atoms with Crippen LogP contribution < -0.4 is 10.6 Å². The third kappa shape index (κ3) is 2.85. The molecule has 4 aromatic rings. The molecular formula is C18H15F3N8. The van der Waals surface area contributed by atoms with Gasteiger partial charge in [0.2, 0.25) is 5.95 Å². The van der Waals surface area contributed by atoms with E-state index in [9.17, 15) is 13.2 Å². The normalized spacial score (nSPS) is 16.9. The van der Waals surface area contributed by atoms with Crippen molar-refractivity contribution in [1.29, 1.82) is 0 Å². The van der Waals surface area contributed by atoms with Gasteiger partial charge in [-0.05, 0) is 18.2 Å². The number of hydrogen-bond donors (Lipinski definition) is 2. The molecule has 4 aromatic heterocycles. The van der Waals surface area contributed by atoms with Crippen LogP contribution >= 0.6 is 0 Å².